The quantitative estimate of drug-likeness (QED) is 0.573. The van der Waals surface area contributed by atoms with Crippen LogP contribution in [0, 0.1) is 0 Å². The first kappa shape index (κ1) is 20.6. The summed E-state index contributed by atoms with van der Waals surface area (Å²) in [6.45, 7) is 3.14. The van der Waals surface area contributed by atoms with Crippen molar-refractivity contribution >= 4 is 16.1 Å². The Hall–Kier alpha value is -3.10. The van der Waals surface area contributed by atoms with Gasteiger partial charge in [-0.2, -0.15) is 0 Å². The van der Waals surface area contributed by atoms with Crippen LogP contribution in [0.3, 0.4) is 0 Å². The second-order valence-corrected chi connectivity index (χ2v) is 8.96. The normalized spacial score (nSPS) is 12.0. The van der Waals surface area contributed by atoms with Gasteiger partial charge in [0.1, 0.15) is 0 Å². The van der Waals surface area contributed by atoms with Gasteiger partial charge in [0.25, 0.3) is 10.0 Å². The third kappa shape index (κ3) is 4.49. The highest BCUT2D eigenvalue weighted by Gasteiger charge is 2.24. The summed E-state index contributed by atoms with van der Waals surface area (Å²) in [6.07, 6.45) is 0.212. The van der Waals surface area contributed by atoms with Crippen molar-refractivity contribution in [2.24, 2.45) is 0 Å². The Morgan fingerprint density at radius 3 is 2.38 bits per heavy atom. The first-order chi connectivity index (χ1) is 13.6. The Labute approximate surface area is 169 Å². The molecule has 0 unspecified atom stereocenters. The fraction of sp³-hybridized carbons (Fsp3) is 0.190. The average molecular weight is 414 g/mol. The van der Waals surface area contributed by atoms with Crippen LogP contribution in [0.4, 0.5) is 4.79 Å². The van der Waals surface area contributed by atoms with Crippen molar-refractivity contribution in [3.05, 3.63) is 78.0 Å². The van der Waals surface area contributed by atoms with E-state index in [1.54, 1.807) is 56.3 Å². The number of nitrogens with zero attached hydrogens (tertiary/aromatic N) is 1. The topological polar surface area (TPSA) is 109 Å². The summed E-state index contributed by atoms with van der Waals surface area (Å²) < 4.78 is 27.9. The average Bonchev–Trinajstić information content (AvgIpc) is 3.12. The number of hydrogen-bond acceptors (Lipinski definition) is 4. The highest BCUT2D eigenvalue weighted by Crippen LogP contribution is 2.29. The molecule has 0 spiro atoms. The van der Waals surface area contributed by atoms with Gasteiger partial charge in [-0.05, 0) is 48.7 Å². The van der Waals surface area contributed by atoms with Crippen LogP contribution in [0.1, 0.15) is 25.0 Å². The van der Waals surface area contributed by atoms with Crippen molar-refractivity contribution in [3.63, 3.8) is 0 Å². The van der Waals surface area contributed by atoms with E-state index >= 15 is 0 Å². The molecule has 3 rings (SSSR count). The number of hydrogen-bond donors (Lipinski definition) is 3. The van der Waals surface area contributed by atoms with Gasteiger partial charge in [-0.15, -0.1) is 0 Å². The summed E-state index contributed by atoms with van der Waals surface area (Å²) in [4.78, 5) is 10.9. The molecule has 0 aliphatic carbocycles. The number of amides is 1. The minimum atomic E-state index is -3.99. The van der Waals surface area contributed by atoms with Crippen LogP contribution in [0.15, 0.2) is 71.8 Å². The number of carboxylic acid groups (broad SMARTS) is 1. The summed E-state index contributed by atoms with van der Waals surface area (Å²) in [5, 5.41) is 21.3. The van der Waals surface area contributed by atoms with E-state index in [0.717, 1.165) is 3.97 Å². The van der Waals surface area contributed by atoms with Gasteiger partial charge < -0.3 is 15.5 Å². The molecule has 8 heteroatoms. The molecule has 0 aliphatic rings. The first-order valence-corrected chi connectivity index (χ1v) is 10.3. The zero-order chi connectivity index (χ0) is 21.2. The molecule has 0 saturated heterocycles. The molecule has 0 fully saturated rings. The monoisotopic (exact) mass is 414 g/mol. The first-order valence-electron chi connectivity index (χ1n) is 8.91. The van der Waals surface area contributed by atoms with Gasteiger partial charge >= 0.3 is 6.09 Å². The molecule has 1 amide bonds. The summed E-state index contributed by atoms with van der Waals surface area (Å²) in [7, 11) is -3.99. The molecule has 0 radical (unpaired) electrons. The number of benzene rings is 2. The lowest BCUT2D eigenvalue weighted by atomic mass is 9.99. The van der Waals surface area contributed by atoms with Gasteiger partial charge in [-0.25, -0.2) is 17.2 Å². The van der Waals surface area contributed by atoms with E-state index in [-0.39, 0.29) is 11.4 Å². The molecule has 3 N–H and O–H groups in total. The molecular weight excluding hydrogens is 392 g/mol. The molecule has 1 heterocycles. The second kappa shape index (κ2) is 7.73. The maximum atomic E-state index is 13.4. The molecule has 29 heavy (non-hydrogen) atoms. The molecule has 7 nitrogen and oxygen atoms in total. The molecule has 0 saturated carbocycles. The van der Waals surface area contributed by atoms with Gasteiger partial charge in [0.05, 0.1) is 16.2 Å². The van der Waals surface area contributed by atoms with E-state index in [1.165, 1.54) is 18.3 Å². The summed E-state index contributed by atoms with van der Waals surface area (Å²) >= 11 is 0. The van der Waals surface area contributed by atoms with E-state index in [1.807, 2.05) is 6.07 Å². The third-order valence-corrected chi connectivity index (χ3v) is 6.12. The van der Waals surface area contributed by atoms with Gasteiger partial charge in [0, 0.05) is 12.7 Å². The van der Waals surface area contributed by atoms with Crippen LogP contribution >= 0.6 is 0 Å². The molecule has 2 aromatic carbocycles. The minimum Gasteiger partial charge on any atom is -0.465 e. The standard InChI is InChI=1S/C21H22N2O5S/c1-21(2,26)17-9-6-10-18(12-17)29(27,28)23-14-15(13-22-20(24)25)11-19(23)16-7-4-3-5-8-16/h3-12,14,22,26H,13H2,1-2H3,(H,24,25). The minimum absolute atomic E-state index is 0.0264. The number of aromatic nitrogens is 1. The van der Waals surface area contributed by atoms with Crippen molar-refractivity contribution in [2.75, 3.05) is 0 Å². The Kier molecular flexibility index (Phi) is 5.50. The van der Waals surface area contributed by atoms with E-state index in [4.69, 9.17) is 5.11 Å². The molecular formula is C21H22N2O5S. The second-order valence-electron chi connectivity index (χ2n) is 7.15. The Bertz CT molecular complexity index is 1130. The predicted octanol–water partition coefficient (Wildman–Crippen LogP) is 3.39. The van der Waals surface area contributed by atoms with Crippen molar-refractivity contribution < 1.29 is 23.4 Å². The SMILES string of the molecule is CC(C)(O)c1cccc(S(=O)(=O)n2cc(CNC(=O)O)cc2-c2ccccc2)c1. The van der Waals surface area contributed by atoms with Crippen molar-refractivity contribution in [1.82, 2.24) is 9.29 Å². The van der Waals surface area contributed by atoms with Crippen LogP contribution in [0.5, 0.6) is 0 Å². The van der Waals surface area contributed by atoms with Gasteiger partial charge in [0.2, 0.25) is 0 Å². The van der Waals surface area contributed by atoms with E-state index in [9.17, 15) is 18.3 Å². The van der Waals surface area contributed by atoms with Crippen LogP contribution in [-0.4, -0.2) is 28.7 Å². The van der Waals surface area contributed by atoms with E-state index in [0.29, 0.717) is 22.4 Å². The lowest BCUT2D eigenvalue weighted by Crippen LogP contribution is -2.20. The molecule has 152 valence electrons. The van der Waals surface area contributed by atoms with Crippen LogP contribution in [-0.2, 0) is 22.2 Å². The van der Waals surface area contributed by atoms with E-state index in [2.05, 4.69) is 5.32 Å². The molecule has 0 bridgehead atoms. The Morgan fingerprint density at radius 1 is 1.07 bits per heavy atom. The number of aliphatic hydroxyl groups is 1. The number of carbonyl (C=O) groups is 1. The largest absolute Gasteiger partial charge is 0.465 e. The van der Waals surface area contributed by atoms with E-state index < -0.39 is 21.7 Å². The van der Waals surface area contributed by atoms with Gasteiger partial charge in [-0.1, -0.05) is 42.5 Å². The smallest absolute Gasteiger partial charge is 0.404 e. The van der Waals surface area contributed by atoms with Gasteiger partial charge in [-0.3, -0.25) is 0 Å². The highest BCUT2D eigenvalue weighted by molar-refractivity contribution is 7.90. The fourth-order valence-electron chi connectivity index (χ4n) is 2.94. The summed E-state index contributed by atoms with van der Waals surface area (Å²) in [5.41, 5.74) is 0.882. The lowest BCUT2D eigenvalue weighted by Gasteiger charge is -2.19. The zero-order valence-corrected chi connectivity index (χ0v) is 16.8. The van der Waals surface area contributed by atoms with Crippen molar-refractivity contribution in [3.8, 4) is 11.3 Å². The third-order valence-electron chi connectivity index (χ3n) is 4.45. The van der Waals surface area contributed by atoms with Crippen molar-refractivity contribution in [2.45, 2.75) is 30.9 Å². The predicted molar refractivity (Wildman–Crippen MR) is 109 cm³/mol. The summed E-state index contributed by atoms with van der Waals surface area (Å²) in [5.74, 6) is 0. The van der Waals surface area contributed by atoms with Crippen LogP contribution in [0.2, 0.25) is 0 Å². The van der Waals surface area contributed by atoms with Crippen LogP contribution in [0.25, 0.3) is 11.3 Å². The lowest BCUT2D eigenvalue weighted by molar-refractivity contribution is 0.0783. The molecule has 3 aromatic rings. The number of rotatable bonds is 6. The maximum absolute atomic E-state index is 13.4. The number of nitrogens with one attached hydrogen (secondary N) is 1. The molecule has 0 atom stereocenters. The van der Waals surface area contributed by atoms with Crippen LogP contribution < -0.4 is 5.32 Å². The Morgan fingerprint density at radius 2 is 1.76 bits per heavy atom. The molecule has 1 aromatic heterocycles. The Balaban J connectivity index is 2.14. The maximum Gasteiger partial charge on any atom is 0.404 e. The zero-order valence-electron chi connectivity index (χ0n) is 16.0. The molecule has 0 aliphatic heterocycles. The fourth-order valence-corrected chi connectivity index (χ4v) is 4.38. The summed E-state index contributed by atoms with van der Waals surface area (Å²) in [6, 6.07) is 16.8. The van der Waals surface area contributed by atoms with Crippen molar-refractivity contribution in [1.29, 1.82) is 0 Å². The highest BCUT2D eigenvalue weighted by atomic mass is 32.2. The van der Waals surface area contributed by atoms with Gasteiger partial charge in [0.15, 0.2) is 0 Å².